The van der Waals surface area contributed by atoms with Crippen LogP contribution in [0.15, 0.2) is 0 Å². The number of morpholine rings is 1. The summed E-state index contributed by atoms with van der Waals surface area (Å²) in [5, 5.41) is 0. The number of carbonyl (C=O) groups is 1. The van der Waals surface area contributed by atoms with E-state index in [-0.39, 0.29) is 5.92 Å². The van der Waals surface area contributed by atoms with Crippen LogP contribution >= 0.6 is 0 Å². The lowest BCUT2D eigenvalue weighted by Gasteiger charge is -2.46. The highest BCUT2D eigenvalue weighted by Crippen LogP contribution is 2.32. The molecule has 4 unspecified atom stereocenters. The summed E-state index contributed by atoms with van der Waals surface area (Å²) in [5.74, 6) is 0.646. The number of ether oxygens (including phenoxy) is 1. The van der Waals surface area contributed by atoms with Gasteiger partial charge in [0.2, 0.25) is 5.91 Å². The fourth-order valence-electron chi connectivity index (χ4n) is 5.43. The molecule has 26 heavy (non-hydrogen) atoms. The third kappa shape index (κ3) is 3.66. The summed E-state index contributed by atoms with van der Waals surface area (Å²) in [6.07, 6.45) is 2.07. The van der Waals surface area contributed by atoms with Gasteiger partial charge in [0.25, 0.3) is 0 Å². The number of rotatable bonds is 4. The van der Waals surface area contributed by atoms with Crippen molar-refractivity contribution in [3.05, 3.63) is 0 Å². The van der Waals surface area contributed by atoms with Crippen molar-refractivity contribution >= 4 is 5.91 Å². The van der Waals surface area contributed by atoms with Crippen molar-refractivity contribution in [1.82, 2.24) is 19.6 Å². The maximum Gasteiger partial charge on any atom is 0.226 e. The first-order valence-electron chi connectivity index (χ1n) is 10.6. The predicted molar refractivity (Wildman–Crippen MR) is 102 cm³/mol. The van der Waals surface area contributed by atoms with Gasteiger partial charge in [-0.2, -0.15) is 0 Å². The van der Waals surface area contributed by atoms with E-state index in [2.05, 4.69) is 40.4 Å². The van der Waals surface area contributed by atoms with E-state index in [0.717, 1.165) is 71.9 Å². The number of hydrogen-bond donors (Lipinski definition) is 0. The van der Waals surface area contributed by atoms with Gasteiger partial charge in [-0.1, -0.05) is 0 Å². The Labute approximate surface area is 158 Å². The van der Waals surface area contributed by atoms with Gasteiger partial charge in [0.05, 0.1) is 13.2 Å². The number of nitrogens with zero attached hydrogens (tertiary/aromatic N) is 4. The Kier molecular flexibility index (Phi) is 5.56. The van der Waals surface area contributed by atoms with E-state index in [1.165, 1.54) is 0 Å². The first-order chi connectivity index (χ1) is 12.5. The Morgan fingerprint density at radius 3 is 2.58 bits per heavy atom. The number of fused-ring (bicyclic) bond motifs is 2. The molecule has 0 aromatic carbocycles. The average molecular weight is 365 g/mol. The maximum absolute atomic E-state index is 12.9. The van der Waals surface area contributed by atoms with E-state index >= 15 is 0 Å². The molecule has 0 aliphatic carbocycles. The van der Waals surface area contributed by atoms with Crippen LogP contribution in [-0.4, -0.2) is 109 Å². The molecule has 0 N–H and O–H groups in total. The molecule has 1 amide bonds. The molecule has 0 bridgehead atoms. The fourth-order valence-corrected chi connectivity index (χ4v) is 5.43. The zero-order valence-electron chi connectivity index (χ0n) is 16.8. The second kappa shape index (κ2) is 7.74. The first kappa shape index (κ1) is 18.7. The highest BCUT2D eigenvalue weighted by molar-refractivity contribution is 5.81. The van der Waals surface area contributed by atoms with Crippen molar-refractivity contribution < 1.29 is 9.53 Å². The van der Waals surface area contributed by atoms with Crippen LogP contribution in [0.2, 0.25) is 0 Å². The molecule has 4 heterocycles. The van der Waals surface area contributed by atoms with Crippen molar-refractivity contribution in [2.75, 3.05) is 59.0 Å². The fraction of sp³-hybridized carbons (Fsp3) is 0.950. The summed E-state index contributed by atoms with van der Waals surface area (Å²) in [4.78, 5) is 22.8. The molecule has 6 heteroatoms. The zero-order valence-corrected chi connectivity index (χ0v) is 16.8. The zero-order chi connectivity index (χ0) is 18.3. The Bertz CT molecular complexity index is 514. The minimum absolute atomic E-state index is 0.225. The van der Waals surface area contributed by atoms with Crippen molar-refractivity contribution in [3.8, 4) is 0 Å². The van der Waals surface area contributed by atoms with E-state index in [4.69, 9.17) is 4.74 Å². The molecule has 148 valence electrons. The summed E-state index contributed by atoms with van der Waals surface area (Å²) < 4.78 is 5.68. The van der Waals surface area contributed by atoms with Crippen molar-refractivity contribution in [3.63, 3.8) is 0 Å². The maximum atomic E-state index is 12.9. The monoisotopic (exact) mass is 364 g/mol. The van der Waals surface area contributed by atoms with Crippen molar-refractivity contribution in [2.45, 2.75) is 57.8 Å². The lowest BCUT2D eigenvalue weighted by Crippen LogP contribution is -2.59. The lowest BCUT2D eigenvalue weighted by molar-refractivity contribution is -0.134. The smallest absolute Gasteiger partial charge is 0.226 e. The van der Waals surface area contributed by atoms with Gasteiger partial charge in [0.1, 0.15) is 0 Å². The number of hydrogen-bond acceptors (Lipinski definition) is 5. The van der Waals surface area contributed by atoms with E-state index < -0.39 is 0 Å². The minimum atomic E-state index is 0.225. The van der Waals surface area contributed by atoms with Gasteiger partial charge in [0.15, 0.2) is 0 Å². The molecule has 0 saturated carbocycles. The minimum Gasteiger partial charge on any atom is -0.378 e. The number of carbonyl (C=O) groups excluding carboxylic acids is 1. The molecule has 4 aliphatic heterocycles. The SMILES string of the molecule is CC(C)N1CCN2C(=O)C(CC(C)N3CCN4CCOCC4C3)CC2C1. The molecule has 0 radical (unpaired) electrons. The summed E-state index contributed by atoms with van der Waals surface area (Å²) in [6, 6.07) is 2.06. The van der Waals surface area contributed by atoms with E-state index in [0.29, 0.717) is 30.1 Å². The van der Waals surface area contributed by atoms with Crippen LogP contribution in [0.4, 0.5) is 0 Å². The molecule has 4 rings (SSSR count). The Hall–Kier alpha value is -0.690. The van der Waals surface area contributed by atoms with Crippen LogP contribution in [0.3, 0.4) is 0 Å². The van der Waals surface area contributed by atoms with Crippen LogP contribution < -0.4 is 0 Å². The highest BCUT2D eigenvalue weighted by Gasteiger charge is 2.43. The largest absolute Gasteiger partial charge is 0.378 e. The van der Waals surface area contributed by atoms with Gasteiger partial charge in [-0.3, -0.25) is 19.5 Å². The molecule has 0 spiro atoms. The van der Waals surface area contributed by atoms with Crippen LogP contribution in [0.5, 0.6) is 0 Å². The van der Waals surface area contributed by atoms with Gasteiger partial charge in [-0.15, -0.1) is 0 Å². The topological polar surface area (TPSA) is 39.3 Å². The van der Waals surface area contributed by atoms with E-state index in [1.54, 1.807) is 0 Å². The second-order valence-electron chi connectivity index (χ2n) is 9.05. The average Bonchev–Trinajstić information content (AvgIpc) is 2.96. The summed E-state index contributed by atoms with van der Waals surface area (Å²) in [5.41, 5.74) is 0. The number of amides is 1. The summed E-state index contributed by atoms with van der Waals surface area (Å²) in [6.45, 7) is 16.1. The quantitative estimate of drug-likeness (QED) is 0.735. The molecule has 0 aromatic heterocycles. The van der Waals surface area contributed by atoms with Gasteiger partial charge in [-0.25, -0.2) is 0 Å². The van der Waals surface area contributed by atoms with Gasteiger partial charge in [-0.05, 0) is 33.6 Å². The number of piperazine rings is 2. The standard InChI is InChI=1S/C20H36N4O2/c1-15(2)22-6-7-24-18(12-22)11-17(20(24)25)10-16(3)23-5-4-21-8-9-26-14-19(21)13-23/h15-19H,4-14H2,1-3H3. The highest BCUT2D eigenvalue weighted by atomic mass is 16.5. The van der Waals surface area contributed by atoms with Crippen molar-refractivity contribution in [2.24, 2.45) is 5.92 Å². The van der Waals surface area contributed by atoms with Gasteiger partial charge < -0.3 is 9.64 Å². The first-order valence-corrected chi connectivity index (χ1v) is 10.6. The van der Waals surface area contributed by atoms with Crippen LogP contribution in [-0.2, 0) is 9.53 Å². The second-order valence-corrected chi connectivity index (χ2v) is 9.05. The molecule has 6 nitrogen and oxygen atoms in total. The molecule has 4 fully saturated rings. The molecule has 0 aromatic rings. The molecular formula is C20H36N4O2. The van der Waals surface area contributed by atoms with Crippen LogP contribution in [0.25, 0.3) is 0 Å². The molecule has 4 saturated heterocycles. The third-order valence-corrected chi connectivity index (χ3v) is 7.15. The molecule has 4 aliphatic rings. The lowest BCUT2D eigenvalue weighted by atomic mass is 9.95. The Balaban J connectivity index is 1.32. The summed E-state index contributed by atoms with van der Waals surface area (Å²) in [7, 11) is 0. The van der Waals surface area contributed by atoms with E-state index in [1.807, 2.05) is 0 Å². The predicted octanol–water partition coefficient (Wildman–Crippen LogP) is 0.723. The van der Waals surface area contributed by atoms with Gasteiger partial charge >= 0.3 is 0 Å². The van der Waals surface area contributed by atoms with Crippen LogP contribution in [0.1, 0.15) is 33.6 Å². The Morgan fingerprint density at radius 2 is 1.77 bits per heavy atom. The van der Waals surface area contributed by atoms with Crippen LogP contribution in [0, 0.1) is 5.92 Å². The normalized spacial score (nSPS) is 35.6. The Morgan fingerprint density at radius 1 is 1.00 bits per heavy atom. The summed E-state index contributed by atoms with van der Waals surface area (Å²) >= 11 is 0. The molecule has 4 atom stereocenters. The van der Waals surface area contributed by atoms with Gasteiger partial charge in [0, 0.05) is 75.9 Å². The van der Waals surface area contributed by atoms with E-state index in [9.17, 15) is 4.79 Å². The molecular weight excluding hydrogens is 328 g/mol. The van der Waals surface area contributed by atoms with Crippen molar-refractivity contribution in [1.29, 1.82) is 0 Å². The third-order valence-electron chi connectivity index (χ3n) is 7.15.